The highest BCUT2D eigenvalue weighted by molar-refractivity contribution is 7.15. The summed E-state index contributed by atoms with van der Waals surface area (Å²) in [4.78, 5) is 12.4. The van der Waals surface area contributed by atoms with Crippen molar-refractivity contribution in [1.82, 2.24) is 19.9 Å². The Morgan fingerprint density at radius 1 is 1.47 bits per heavy atom. The molecule has 0 radical (unpaired) electrons. The Labute approximate surface area is 118 Å². The van der Waals surface area contributed by atoms with E-state index in [-0.39, 0.29) is 0 Å². The predicted molar refractivity (Wildman–Crippen MR) is 79.5 cm³/mol. The van der Waals surface area contributed by atoms with Crippen LogP contribution in [0.5, 0.6) is 0 Å². The highest BCUT2D eigenvalue weighted by atomic mass is 32.1. The van der Waals surface area contributed by atoms with Gasteiger partial charge in [-0.1, -0.05) is 6.92 Å². The van der Waals surface area contributed by atoms with Crippen molar-refractivity contribution in [3.8, 4) is 0 Å². The van der Waals surface area contributed by atoms with Gasteiger partial charge in [0.25, 0.3) is 0 Å². The van der Waals surface area contributed by atoms with E-state index in [9.17, 15) is 0 Å². The van der Waals surface area contributed by atoms with Gasteiger partial charge in [-0.05, 0) is 13.5 Å². The van der Waals surface area contributed by atoms with Crippen LogP contribution in [-0.4, -0.2) is 28.1 Å². The van der Waals surface area contributed by atoms with Crippen LogP contribution in [0.15, 0.2) is 12.4 Å². The Bertz CT molecular complexity index is 531. The minimum Gasteiger partial charge on any atom is -0.344 e. The highest BCUT2D eigenvalue weighted by Crippen LogP contribution is 2.25. The molecule has 0 unspecified atom stereocenters. The van der Waals surface area contributed by atoms with Gasteiger partial charge in [0.1, 0.15) is 5.82 Å². The van der Waals surface area contributed by atoms with E-state index >= 15 is 0 Å². The summed E-state index contributed by atoms with van der Waals surface area (Å²) in [6, 6.07) is 0. The second kappa shape index (κ2) is 6.16. The first-order chi connectivity index (χ1) is 9.11. The summed E-state index contributed by atoms with van der Waals surface area (Å²) in [7, 11) is 4.07. The van der Waals surface area contributed by atoms with Crippen molar-refractivity contribution >= 4 is 16.5 Å². The quantitative estimate of drug-likeness (QED) is 0.877. The van der Waals surface area contributed by atoms with Crippen molar-refractivity contribution in [1.29, 1.82) is 0 Å². The number of imidazole rings is 1. The Balaban J connectivity index is 2.07. The van der Waals surface area contributed by atoms with Gasteiger partial charge in [-0.3, -0.25) is 0 Å². The lowest BCUT2D eigenvalue weighted by molar-refractivity contribution is 0.730. The first kappa shape index (κ1) is 14.0. The van der Waals surface area contributed by atoms with Gasteiger partial charge >= 0.3 is 0 Å². The average Bonchev–Trinajstić information content (AvgIpc) is 2.94. The molecule has 2 rings (SSSR count). The lowest BCUT2D eigenvalue weighted by Crippen LogP contribution is -2.18. The van der Waals surface area contributed by atoms with Crippen LogP contribution in [0.4, 0.5) is 5.13 Å². The van der Waals surface area contributed by atoms with Gasteiger partial charge in [-0.2, -0.15) is 0 Å². The zero-order valence-corrected chi connectivity index (χ0v) is 12.8. The van der Waals surface area contributed by atoms with Crippen LogP contribution in [0.3, 0.4) is 0 Å². The minimum atomic E-state index is 0.775. The first-order valence-electron chi connectivity index (χ1n) is 6.46. The molecule has 0 aromatic carbocycles. The summed E-state index contributed by atoms with van der Waals surface area (Å²) in [5, 5.41) is 4.40. The van der Waals surface area contributed by atoms with Crippen molar-refractivity contribution < 1.29 is 0 Å². The van der Waals surface area contributed by atoms with Crippen LogP contribution in [-0.2, 0) is 20.1 Å². The zero-order chi connectivity index (χ0) is 13.8. The molecular weight excluding hydrogens is 258 g/mol. The Morgan fingerprint density at radius 3 is 2.89 bits per heavy atom. The van der Waals surface area contributed by atoms with Crippen molar-refractivity contribution in [2.24, 2.45) is 7.05 Å². The normalized spacial score (nSPS) is 10.9. The van der Waals surface area contributed by atoms with Crippen LogP contribution < -0.4 is 10.2 Å². The number of anilines is 1. The van der Waals surface area contributed by atoms with Crippen LogP contribution in [0.2, 0.25) is 0 Å². The number of aromatic nitrogens is 3. The zero-order valence-electron chi connectivity index (χ0n) is 12.0. The van der Waals surface area contributed by atoms with E-state index in [4.69, 9.17) is 0 Å². The van der Waals surface area contributed by atoms with Gasteiger partial charge in [0.2, 0.25) is 0 Å². The smallest absolute Gasteiger partial charge is 0.185 e. The number of hydrogen-bond acceptors (Lipinski definition) is 5. The molecular formula is C13H21N5S. The fraction of sp³-hybridized carbons (Fsp3) is 0.538. The van der Waals surface area contributed by atoms with E-state index in [2.05, 4.69) is 41.1 Å². The fourth-order valence-electron chi connectivity index (χ4n) is 1.81. The molecule has 0 saturated carbocycles. The van der Waals surface area contributed by atoms with E-state index in [1.165, 1.54) is 4.88 Å². The molecule has 0 spiro atoms. The van der Waals surface area contributed by atoms with Crippen molar-refractivity contribution in [2.45, 2.75) is 26.9 Å². The van der Waals surface area contributed by atoms with Gasteiger partial charge in [0.05, 0.1) is 12.2 Å². The maximum Gasteiger partial charge on any atom is 0.185 e. The topological polar surface area (TPSA) is 46.0 Å². The molecule has 0 aliphatic carbocycles. The summed E-state index contributed by atoms with van der Waals surface area (Å²) in [6.07, 6.45) is 3.79. The molecule has 6 heteroatoms. The molecule has 1 N–H and O–H groups in total. The molecule has 0 fully saturated rings. The first-order valence-corrected chi connectivity index (χ1v) is 7.27. The summed E-state index contributed by atoms with van der Waals surface area (Å²) in [5.74, 6) is 1.04. The molecule has 2 aromatic heterocycles. The second-order valence-corrected chi connectivity index (χ2v) is 5.66. The van der Waals surface area contributed by atoms with E-state index in [0.717, 1.165) is 36.3 Å². The Kier molecular flexibility index (Phi) is 4.55. The molecule has 104 valence electrons. The van der Waals surface area contributed by atoms with Crippen molar-refractivity contribution in [2.75, 3.05) is 18.5 Å². The van der Waals surface area contributed by atoms with E-state index in [1.807, 2.05) is 24.0 Å². The van der Waals surface area contributed by atoms with Crippen LogP contribution >= 0.6 is 11.3 Å². The molecule has 0 saturated heterocycles. The standard InChI is InChI=1S/C13H21N5S/c1-5-14-8-11-10(2)16-13(19-11)18(4)9-12-15-6-7-17(12)3/h6-7,14H,5,8-9H2,1-4H3. The molecule has 2 aromatic rings. The van der Waals surface area contributed by atoms with Crippen LogP contribution in [0, 0.1) is 6.92 Å². The lowest BCUT2D eigenvalue weighted by Gasteiger charge is -2.15. The molecule has 0 atom stereocenters. The number of nitrogens with one attached hydrogen (secondary N) is 1. The summed E-state index contributed by atoms with van der Waals surface area (Å²) >= 11 is 1.75. The van der Waals surface area contributed by atoms with E-state index in [0.29, 0.717) is 0 Å². The predicted octanol–water partition coefficient (Wildman–Crippen LogP) is 1.93. The largest absolute Gasteiger partial charge is 0.344 e. The molecule has 2 heterocycles. The third-order valence-electron chi connectivity index (χ3n) is 3.04. The minimum absolute atomic E-state index is 0.775. The SMILES string of the molecule is CCNCc1sc(N(C)Cc2nccn2C)nc1C. The fourth-order valence-corrected chi connectivity index (χ4v) is 2.80. The van der Waals surface area contributed by atoms with Crippen molar-refractivity contribution in [3.05, 3.63) is 28.8 Å². The number of nitrogens with zero attached hydrogens (tertiary/aromatic N) is 4. The molecule has 0 amide bonds. The van der Waals surface area contributed by atoms with Gasteiger partial charge in [0, 0.05) is 37.9 Å². The lowest BCUT2D eigenvalue weighted by atomic mass is 10.4. The monoisotopic (exact) mass is 279 g/mol. The molecule has 19 heavy (non-hydrogen) atoms. The Morgan fingerprint density at radius 2 is 2.26 bits per heavy atom. The number of rotatable bonds is 6. The van der Waals surface area contributed by atoms with Gasteiger partial charge in [0.15, 0.2) is 5.13 Å². The summed E-state index contributed by atoms with van der Waals surface area (Å²) < 4.78 is 2.04. The number of aryl methyl sites for hydroxylation is 2. The summed E-state index contributed by atoms with van der Waals surface area (Å²) in [6.45, 7) is 6.84. The van der Waals surface area contributed by atoms with Gasteiger partial charge < -0.3 is 14.8 Å². The molecule has 0 aliphatic rings. The Hall–Kier alpha value is -1.40. The molecule has 0 bridgehead atoms. The maximum atomic E-state index is 4.64. The van der Waals surface area contributed by atoms with Gasteiger partial charge in [-0.15, -0.1) is 11.3 Å². The molecule has 0 aliphatic heterocycles. The third kappa shape index (κ3) is 3.33. The number of thiazole rings is 1. The van der Waals surface area contributed by atoms with E-state index < -0.39 is 0 Å². The maximum absolute atomic E-state index is 4.64. The van der Waals surface area contributed by atoms with Crippen LogP contribution in [0.25, 0.3) is 0 Å². The summed E-state index contributed by atoms with van der Waals surface area (Å²) in [5.41, 5.74) is 1.12. The third-order valence-corrected chi connectivity index (χ3v) is 4.31. The van der Waals surface area contributed by atoms with Gasteiger partial charge in [-0.25, -0.2) is 9.97 Å². The van der Waals surface area contributed by atoms with Crippen molar-refractivity contribution in [3.63, 3.8) is 0 Å². The average molecular weight is 279 g/mol. The van der Waals surface area contributed by atoms with E-state index in [1.54, 1.807) is 11.3 Å². The molecule has 5 nitrogen and oxygen atoms in total. The number of hydrogen-bond donors (Lipinski definition) is 1. The van der Waals surface area contributed by atoms with Crippen LogP contribution in [0.1, 0.15) is 23.3 Å². The second-order valence-electron chi connectivity index (χ2n) is 4.60. The highest BCUT2D eigenvalue weighted by Gasteiger charge is 2.12.